The van der Waals surface area contributed by atoms with E-state index in [4.69, 9.17) is 4.42 Å². The van der Waals surface area contributed by atoms with Crippen molar-refractivity contribution in [2.24, 2.45) is 0 Å². The third kappa shape index (κ3) is 2.74. The molecule has 0 radical (unpaired) electrons. The van der Waals surface area contributed by atoms with Gasteiger partial charge in [0.05, 0.1) is 18.2 Å². The fourth-order valence-electron chi connectivity index (χ4n) is 2.23. The molecule has 122 valence electrons. The fraction of sp³-hybridized carbons (Fsp3) is 0.133. The monoisotopic (exact) mass is 329 g/mol. The first-order valence-corrected chi connectivity index (χ1v) is 6.81. The number of pyridine rings is 1. The largest absolute Gasteiger partial charge is 0.465 e. The number of rotatable bonds is 4. The fourth-order valence-corrected chi connectivity index (χ4v) is 2.23. The molecule has 9 nitrogen and oxygen atoms in total. The van der Waals surface area contributed by atoms with Crippen LogP contribution in [-0.2, 0) is 11.3 Å². The Bertz CT molecular complexity index is 971. The Hall–Kier alpha value is -3.49. The van der Waals surface area contributed by atoms with Gasteiger partial charge in [-0.05, 0) is 12.1 Å². The van der Waals surface area contributed by atoms with Crippen LogP contribution in [0.3, 0.4) is 0 Å². The van der Waals surface area contributed by atoms with E-state index in [-0.39, 0.29) is 12.4 Å². The van der Waals surface area contributed by atoms with Gasteiger partial charge < -0.3 is 9.15 Å². The summed E-state index contributed by atoms with van der Waals surface area (Å²) in [4.78, 5) is 38.5. The normalized spacial score (nSPS) is 10.7. The van der Waals surface area contributed by atoms with Crippen LogP contribution in [-0.4, -0.2) is 27.6 Å². The first-order chi connectivity index (χ1) is 11.5. The second-order valence-electron chi connectivity index (χ2n) is 4.87. The summed E-state index contributed by atoms with van der Waals surface area (Å²) in [6.07, 6.45) is 1.03. The highest BCUT2D eigenvalue weighted by Crippen LogP contribution is 2.16. The number of esters is 1. The first kappa shape index (κ1) is 15.4. The van der Waals surface area contributed by atoms with Crippen LogP contribution in [0.5, 0.6) is 0 Å². The quantitative estimate of drug-likeness (QED) is 0.406. The maximum absolute atomic E-state index is 12.3. The standard InChI is InChI=1S/C15H11N3O6/c1-23-15(20)10-6-9(18(21)22)7-17(14(10)19)8-13-16-11-4-2-3-5-12(11)24-13/h2-7H,8H2,1H3. The third-order valence-corrected chi connectivity index (χ3v) is 3.33. The highest BCUT2D eigenvalue weighted by atomic mass is 16.6. The molecule has 0 aliphatic carbocycles. The summed E-state index contributed by atoms with van der Waals surface area (Å²) in [5, 5.41) is 11.0. The number of nitro groups is 1. The molecule has 3 rings (SSSR count). The lowest BCUT2D eigenvalue weighted by Gasteiger charge is -2.05. The van der Waals surface area contributed by atoms with E-state index in [0.717, 1.165) is 23.9 Å². The van der Waals surface area contributed by atoms with Crippen molar-refractivity contribution in [3.8, 4) is 0 Å². The lowest BCUT2D eigenvalue weighted by molar-refractivity contribution is -0.385. The zero-order valence-electron chi connectivity index (χ0n) is 12.5. The Labute approximate surface area is 134 Å². The number of nitrogens with zero attached hydrogens (tertiary/aromatic N) is 3. The molecule has 0 fully saturated rings. The first-order valence-electron chi connectivity index (χ1n) is 6.81. The SMILES string of the molecule is COC(=O)c1cc([N+](=O)[O-])cn(Cc2nc3ccccc3o2)c1=O. The number of oxazole rings is 1. The number of fused-ring (bicyclic) bond motifs is 1. The van der Waals surface area contributed by atoms with Crippen LogP contribution in [0, 0.1) is 10.1 Å². The molecule has 0 saturated heterocycles. The van der Waals surface area contributed by atoms with E-state index < -0.39 is 27.7 Å². The molecule has 24 heavy (non-hydrogen) atoms. The molecule has 1 aromatic carbocycles. The van der Waals surface area contributed by atoms with Crippen molar-refractivity contribution in [2.45, 2.75) is 6.54 Å². The smallest absolute Gasteiger partial charge is 0.343 e. The van der Waals surface area contributed by atoms with Gasteiger partial charge in [0.25, 0.3) is 11.2 Å². The van der Waals surface area contributed by atoms with Crippen LogP contribution in [0.15, 0.2) is 45.7 Å². The second-order valence-corrected chi connectivity index (χ2v) is 4.87. The van der Waals surface area contributed by atoms with Crippen molar-refractivity contribution >= 4 is 22.8 Å². The summed E-state index contributed by atoms with van der Waals surface area (Å²) in [5.41, 5.74) is -0.443. The summed E-state index contributed by atoms with van der Waals surface area (Å²) >= 11 is 0. The molecule has 0 aliphatic heterocycles. The summed E-state index contributed by atoms with van der Waals surface area (Å²) in [7, 11) is 1.09. The van der Waals surface area contributed by atoms with E-state index in [0.29, 0.717) is 11.1 Å². The van der Waals surface area contributed by atoms with Gasteiger partial charge in [0.1, 0.15) is 17.6 Å². The molecule has 3 aromatic rings. The number of hydrogen-bond donors (Lipinski definition) is 0. The van der Waals surface area contributed by atoms with Crippen molar-refractivity contribution in [2.75, 3.05) is 7.11 Å². The van der Waals surface area contributed by atoms with Crippen molar-refractivity contribution < 1.29 is 18.9 Å². The van der Waals surface area contributed by atoms with Crippen molar-refractivity contribution in [1.82, 2.24) is 9.55 Å². The van der Waals surface area contributed by atoms with Gasteiger partial charge in [0, 0.05) is 6.07 Å². The molecule has 0 amide bonds. The number of benzene rings is 1. The van der Waals surface area contributed by atoms with Crippen LogP contribution in [0.4, 0.5) is 5.69 Å². The van der Waals surface area contributed by atoms with Gasteiger partial charge in [-0.3, -0.25) is 19.5 Å². The van der Waals surface area contributed by atoms with Gasteiger partial charge in [0.15, 0.2) is 5.58 Å². The highest BCUT2D eigenvalue weighted by Gasteiger charge is 2.20. The van der Waals surface area contributed by atoms with Gasteiger partial charge in [-0.2, -0.15) is 0 Å². The molecule has 0 atom stereocenters. The van der Waals surface area contributed by atoms with Crippen molar-refractivity contribution in [3.63, 3.8) is 0 Å². The molecule has 0 spiro atoms. The molecule has 0 N–H and O–H groups in total. The maximum atomic E-state index is 12.3. The highest BCUT2D eigenvalue weighted by molar-refractivity contribution is 5.89. The minimum absolute atomic E-state index is 0.154. The Morgan fingerprint density at radius 3 is 2.83 bits per heavy atom. The van der Waals surface area contributed by atoms with Gasteiger partial charge in [-0.1, -0.05) is 12.1 Å². The molecular formula is C15H11N3O6. The Morgan fingerprint density at radius 2 is 2.17 bits per heavy atom. The number of hydrogen-bond acceptors (Lipinski definition) is 7. The number of methoxy groups -OCH3 is 1. The molecule has 0 bridgehead atoms. The minimum Gasteiger partial charge on any atom is -0.465 e. The molecular weight excluding hydrogens is 318 g/mol. The van der Waals surface area contributed by atoms with E-state index in [1.807, 2.05) is 0 Å². The van der Waals surface area contributed by atoms with Crippen LogP contribution in [0.2, 0.25) is 0 Å². The van der Waals surface area contributed by atoms with Gasteiger partial charge in [0.2, 0.25) is 5.89 Å². The summed E-state index contributed by atoms with van der Waals surface area (Å²) in [5.74, 6) is -0.760. The van der Waals surface area contributed by atoms with Crippen LogP contribution < -0.4 is 5.56 Å². The Balaban J connectivity index is 2.08. The molecule has 2 aromatic heterocycles. The number of para-hydroxylation sites is 2. The number of ether oxygens (including phenoxy) is 1. The number of aromatic nitrogens is 2. The topological polar surface area (TPSA) is 117 Å². The summed E-state index contributed by atoms with van der Waals surface area (Å²) in [6.45, 7) is -0.154. The van der Waals surface area contributed by atoms with Gasteiger partial charge in [-0.25, -0.2) is 9.78 Å². The lowest BCUT2D eigenvalue weighted by atomic mass is 10.2. The predicted molar refractivity (Wildman–Crippen MR) is 81.8 cm³/mol. The van der Waals surface area contributed by atoms with Gasteiger partial charge >= 0.3 is 5.97 Å². The summed E-state index contributed by atoms with van der Waals surface area (Å²) < 4.78 is 11.0. The van der Waals surface area contributed by atoms with E-state index in [9.17, 15) is 19.7 Å². The van der Waals surface area contributed by atoms with E-state index in [1.165, 1.54) is 0 Å². The summed E-state index contributed by atoms with van der Waals surface area (Å²) in [6, 6.07) is 7.88. The van der Waals surface area contributed by atoms with Crippen molar-refractivity contribution in [1.29, 1.82) is 0 Å². The molecule has 0 saturated carbocycles. The Kier molecular flexibility index (Phi) is 3.82. The second kappa shape index (κ2) is 5.95. The van der Waals surface area contributed by atoms with E-state index in [1.54, 1.807) is 24.3 Å². The predicted octanol–water partition coefficient (Wildman–Crippen LogP) is 1.73. The zero-order valence-corrected chi connectivity index (χ0v) is 12.5. The molecule has 2 heterocycles. The van der Waals surface area contributed by atoms with Crippen LogP contribution in [0.25, 0.3) is 11.1 Å². The zero-order chi connectivity index (χ0) is 17.3. The van der Waals surface area contributed by atoms with Gasteiger partial charge in [-0.15, -0.1) is 0 Å². The van der Waals surface area contributed by atoms with Crippen LogP contribution >= 0.6 is 0 Å². The number of carbonyl (C=O) groups is 1. The van der Waals surface area contributed by atoms with Crippen LogP contribution in [0.1, 0.15) is 16.2 Å². The average Bonchev–Trinajstić information content (AvgIpc) is 2.98. The van der Waals surface area contributed by atoms with E-state index in [2.05, 4.69) is 9.72 Å². The number of carbonyl (C=O) groups excluding carboxylic acids is 1. The lowest BCUT2D eigenvalue weighted by Crippen LogP contribution is -2.27. The van der Waals surface area contributed by atoms with E-state index >= 15 is 0 Å². The average molecular weight is 329 g/mol. The molecule has 9 heteroatoms. The maximum Gasteiger partial charge on any atom is 0.343 e. The molecule has 0 aliphatic rings. The minimum atomic E-state index is -0.949. The Morgan fingerprint density at radius 1 is 1.42 bits per heavy atom. The van der Waals surface area contributed by atoms with Crippen molar-refractivity contribution in [3.05, 3.63) is 68.5 Å². The third-order valence-electron chi connectivity index (χ3n) is 3.33. The molecule has 0 unspecified atom stereocenters.